The Morgan fingerprint density at radius 2 is 2.11 bits per heavy atom. The summed E-state index contributed by atoms with van der Waals surface area (Å²) in [5, 5.41) is 10.6. The van der Waals surface area contributed by atoms with Crippen LogP contribution in [0.2, 0.25) is 0 Å². The molecule has 0 aliphatic carbocycles. The summed E-state index contributed by atoms with van der Waals surface area (Å²) in [5.74, 6) is 6.77. The van der Waals surface area contributed by atoms with Crippen molar-refractivity contribution in [1.29, 1.82) is 0 Å². The van der Waals surface area contributed by atoms with Crippen molar-refractivity contribution < 1.29 is 33.6 Å². The van der Waals surface area contributed by atoms with E-state index < -0.39 is 43.0 Å². The summed E-state index contributed by atoms with van der Waals surface area (Å²) >= 11 is 0. The van der Waals surface area contributed by atoms with E-state index in [2.05, 4.69) is 17.8 Å². The van der Waals surface area contributed by atoms with Crippen LogP contribution in [0.25, 0.3) is 0 Å². The number of hydrogen-bond donors (Lipinski definition) is 1. The fourth-order valence-corrected chi connectivity index (χ4v) is 3.16. The van der Waals surface area contributed by atoms with Gasteiger partial charge in [0.15, 0.2) is 18.7 Å². The van der Waals surface area contributed by atoms with Gasteiger partial charge in [-0.15, -0.1) is 6.42 Å². The van der Waals surface area contributed by atoms with Gasteiger partial charge in [0, 0.05) is 19.1 Å². The largest absolute Gasteiger partial charge is 0.456 e. The summed E-state index contributed by atoms with van der Waals surface area (Å²) < 4.78 is 28.1. The molecule has 0 aromatic heterocycles. The zero-order chi connectivity index (χ0) is 19.9. The molecule has 1 aromatic carbocycles. The second-order valence-electron chi connectivity index (χ2n) is 6.35. The van der Waals surface area contributed by atoms with Crippen LogP contribution in [-0.4, -0.2) is 55.5 Å². The van der Waals surface area contributed by atoms with Crippen LogP contribution in [0.5, 0.6) is 0 Å². The molecule has 7 heteroatoms. The van der Waals surface area contributed by atoms with E-state index in [1.807, 2.05) is 30.3 Å². The molecule has 0 spiro atoms. The van der Waals surface area contributed by atoms with Crippen molar-refractivity contribution in [2.45, 2.75) is 49.8 Å². The molecule has 0 amide bonds. The molecule has 2 saturated heterocycles. The van der Waals surface area contributed by atoms with Crippen LogP contribution in [-0.2, 0) is 28.5 Å². The number of aliphatic hydroxyl groups excluding tert-OH is 1. The Morgan fingerprint density at radius 3 is 2.82 bits per heavy atom. The lowest BCUT2D eigenvalue weighted by molar-refractivity contribution is -0.358. The molecule has 28 heavy (non-hydrogen) atoms. The summed E-state index contributed by atoms with van der Waals surface area (Å²) in [4.78, 5) is 12.2. The molecule has 2 aliphatic heterocycles. The van der Waals surface area contributed by atoms with Crippen LogP contribution in [0.15, 0.2) is 30.3 Å². The third kappa shape index (κ3) is 4.71. The van der Waals surface area contributed by atoms with Gasteiger partial charge >= 0.3 is 5.97 Å². The molecule has 148 valence electrons. The Balaban J connectivity index is 1.72. The Labute approximate surface area is 163 Å². The molecular formula is C21H22O7. The fraction of sp³-hybridized carbons (Fsp3) is 0.476. The predicted octanol–water partition coefficient (Wildman–Crippen LogP) is 1.16. The quantitative estimate of drug-likeness (QED) is 0.601. The van der Waals surface area contributed by atoms with E-state index >= 15 is 0 Å². The highest BCUT2D eigenvalue weighted by atomic mass is 16.8. The van der Waals surface area contributed by atoms with E-state index in [1.54, 1.807) is 0 Å². The molecule has 2 aliphatic rings. The number of aliphatic hydroxyl groups is 1. The van der Waals surface area contributed by atoms with Gasteiger partial charge in [-0.2, -0.15) is 0 Å². The number of esters is 1. The maximum Gasteiger partial charge on any atom is 0.307 e. The average Bonchev–Trinajstić information content (AvgIpc) is 2.73. The van der Waals surface area contributed by atoms with Crippen LogP contribution < -0.4 is 0 Å². The number of rotatable bonds is 5. The van der Waals surface area contributed by atoms with Crippen LogP contribution in [0, 0.1) is 24.2 Å². The molecule has 3 rings (SSSR count). The Kier molecular flexibility index (Phi) is 7.05. The molecule has 0 unspecified atom stereocenters. The summed E-state index contributed by atoms with van der Waals surface area (Å²) in [6, 6.07) is 9.37. The summed E-state index contributed by atoms with van der Waals surface area (Å²) in [5.41, 5.74) is 0.818. The third-order valence-corrected chi connectivity index (χ3v) is 4.49. The van der Waals surface area contributed by atoms with Crippen LogP contribution in [0.3, 0.4) is 0 Å². The lowest BCUT2D eigenvalue weighted by atomic mass is 9.97. The molecule has 2 fully saturated rings. The Morgan fingerprint density at radius 1 is 1.32 bits per heavy atom. The molecule has 6 atom stereocenters. The monoisotopic (exact) mass is 386 g/mol. The van der Waals surface area contributed by atoms with Gasteiger partial charge in [-0.05, 0) is 11.8 Å². The van der Waals surface area contributed by atoms with Gasteiger partial charge in [-0.3, -0.25) is 4.79 Å². The second-order valence-corrected chi connectivity index (χ2v) is 6.35. The van der Waals surface area contributed by atoms with Crippen molar-refractivity contribution >= 4 is 5.97 Å². The standard InChI is InChI=1S/C21H22O7/c1-3-4-5-9-12-16(22)27-19-17(23)21(24-2)26-15-13-25-20(28-18(15)19)14-10-7-6-8-11-14/h1,6-8,10-11,15,17-21,23H,9,12-13H2,2H3/t15-,17-,18-,19-,20-,21+/m1/s1. The van der Waals surface area contributed by atoms with Crippen molar-refractivity contribution in [3.8, 4) is 24.2 Å². The number of benzene rings is 1. The van der Waals surface area contributed by atoms with E-state index in [0.29, 0.717) is 0 Å². The van der Waals surface area contributed by atoms with Crippen molar-refractivity contribution in [2.75, 3.05) is 13.7 Å². The van der Waals surface area contributed by atoms with Gasteiger partial charge < -0.3 is 28.8 Å². The highest BCUT2D eigenvalue weighted by Crippen LogP contribution is 2.35. The van der Waals surface area contributed by atoms with E-state index in [-0.39, 0.29) is 19.4 Å². The molecule has 0 saturated carbocycles. The van der Waals surface area contributed by atoms with Crippen molar-refractivity contribution in [3.63, 3.8) is 0 Å². The Bertz CT molecular complexity index is 760. The van der Waals surface area contributed by atoms with Crippen LogP contribution >= 0.6 is 0 Å². The van der Waals surface area contributed by atoms with Gasteiger partial charge in [0.05, 0.1) is 13.0 Å². The zero-order valence-electron chi connectivity index (χ0n) is 15.4. The number of carbonyl (C=O) groups is 1. The highest BCUT2D eigenvalue weighted by Gasteiger charge is 2.51. The van der Waals surface area contributed by atoms with Crippen LogP contribution in [0.4, 0.5) is 0 Å². The maximum absolute atomic E-state index is 12.2. The topological polar surface area (TPSA) is 83.5 Å². The number of carbonyl (C=O) groups excluding carboxylic acids is 1. The summed E-state index contributed by atoms with van der Waals surface area (Å²) in [7, 11) is 1.40. The van der Waals surface area contributed by atoms with Crippen molar-refractivity contribution in [1.82, 2.24) is 0 Å². The van der Waals surface area contributed by atoms with Gasteiger partial charge in [0.2, 0.25) is 0 Å². The van der Waals surface area contributed by atoms with E-state index in [9.17, 15) is 9.90 Å². The lowest BCUT2D eigenvalue weighted by Crippen LogP contribution is -2.63. The maximum atomic E-state index is 12.2. The summed E-state index contributed by atoms with van der Waals surface area (Å²) in [6.45, 7) is 0.207. The normalized spacial score (nSPS) is 31.6. The number of fused-ring (bicyclic) bond motifs is 1. The minimum Gasteiger partial charge on any atom is -0.456 e. The van der Waals surface area contributed by atoms with E-state index in [1.165, 1.54) is 7.11 Å². The minimum absolute atomic E-state index is 0.0480. The second kappa shape index (κ2) is 9.70. The van der Waals surface area contributed by atoms with Gasteiger partial charge in [0.25, 0.3) is 0 Å². The first kappa shape index (κ1) is 20.3. The number of ether oxygens (including phenoxy) is 5. The molecule has 7 nitrogen and oxygen atoms in total. The number of methoxy groups -OCH3 is 1. The summed E-state index contributed by atoms with van der Waals surface area (Å²) in [6.07, 6.45) is 0.322. The SMILES string of the molecule is C#CC#CCCC(=O)O[C@@H]1[C@@H](O)[C@@H](OC)O[C@@H]2CO[C@@H](c3ccccc3)O[C@@H]12. The molecule has 0 bridgehead atoms. The fourth-order valence-electron chi connectivity index (χ4n) is 3.16. The number of hydrogen-bond acceptors (Lipinski definition) is 7. The van der Waals surface area contributed by atoms with Gasteiger partial charge in [0.1, 0.15) is 18.3 Å². The molecule has 1 aromatic rings. The minimum atomic E-state index is -1.21. The van der Waals surface area contributed by atoms with Crippen LogP contribution in [0.1, 0.15) is 24.7 Å². The number of terminal acetylenes is 1. The van der Waals surface area contributed by atoms with Gasteiger partial charge in [-0.1, -0.05) is 36.3 Å². The van der Waals surface area contributed by atoms with E-state index in [0.717, 1.165) is 5.56 Å². The molecule has 0 radical (unpaired) electrons. The zero-order valence-corrected chi connectivity index (χ0v) is 15.4. The third-order valence-electron chi connectivity index (χ3n) is 4.49. The first-order valence-corrected chi connectivity index (χ1v) is 8.95. The molecular weight excluding hydrogens is 364 g/mol. The van der Waals surface area contributed by atoms with E-state index in [4.69, 9.17) is 30.1 Å². The smallest absolute Gasteiger partial charge is 0.307 e. The first-order chi connectivity index (χ1) is 13.6. The van der Waals surface area contributed by atoms with Crippen molar-refractivity contribution in [3.05, 3.63) is 35.9 Å². The van der Waals surface area contributed by atoms with Gasteiger partial charge in [-0.25, -0.2) is 0 Å². The Hall–Kier alpha value is -2.39. The van der Waals surface area contributed by atoms with Crippen molar-refractivity contribution in [2.24, 2.45) is 0 Å². The highest BCUT2D eigenvalue weighted by molar-refractivity contribution is 5.70. The first-order valence-electron chi connectivity index (χ1n) is 8.95. The predicted molar refractivity (Wildman–Crippen MR) is 97.4 cm³/mol. The average molecular weight is 386 g/mol. The molecule has 2 heterocycles. The lowest BCUT2D eigenvalue weighted by Gasteiger charge is -2.47. The molecule has 1 N–H and O–H groups in total.